The highest BCUT2D eigenvalue weighted by Gasteiger charge is 2.29. The first kappa shape index (κ1) is 17.4. The molecule has 0 atom stereocenters. The van der Waals surface area contributed by atoms with E-state index >= 15 is 0 Å². The minimum Gasteiger partial charge on any atom is -0.486 e. The maximum absolute atomic E-state index is 5.90. The number of quaternary nitrogens is 2. The molecular formula is C22H30N2O2+2. The number of hydrogen-bond acceptors (Lipinski definition) is 2. The molecule has 1 fully saturated rings. The van der Waals surface area contributed by atoms with E-state index < -0.39 is 0 Å². The summed E-state index contributed by atoms with van der Waals surface area (Å²) in [6.45, 7) is 7.45. The van der Waals surface area contributed by atoms with Crippen LogP contribution in [-0.4, -0.2) is 45.9 Å². The van der Waals surface area contributed by atoms with Crippen molar-refractivity contribution in [1.82, 2.24) is 0 Å². The van der Waals surface area contributed by atoms with E-state index in [0.29, 0.717) is 13.2 Å². The maximum atomic E-state index is 5.90. The molecule has 4 rings (SSSR count). The van der Waals surface area contributed by atoms with E-state index in [1.165, 1.54) is 63.2 Å². The van der Waals surface area contributed by atoms with Crippen LogP contribution in [0.3, 0.4) is 0 Å². The van der Waals surface area contributed by atoms with Crippen LogP contribution >= 0.6 is 0 Å². The Morgan fingerprint density at radius 2 is 1.58 bits per heavy atom. The summed E-state index contributed by atoms with van der Waals surface area (Å²) < 4.78 is 11.6. The second-order valence-corrected chi connectivity index (χ2v) is 7.38. The molecule has 0 amide bonds. The molecule has 2 aliphatic rings. The number of nitrogens with one attached hydrogen (secondary N) is 2. The number of rotatable bonds is 6. The normalized spacial score (nSPS) is 22.2. The van der Waals surface area contributed by atoms with E-state index in [1.54, 1.807) is 9.80 Å². The van der Waals surface area contributed by atoms with Crippen molar-refractivity contribution in [2.45, 2.75) is 19.3 Å². The predicted molar refractivity (Wildman–Crippen MR) is 103 cm³/mol. The number of benzene rings is 2. The van der Waals surface area contributed by atoms with Crippen molar-refractivity contribution in [1.29, 1.82) is 0 Å². The molecule has 26 heavy (non-hydrogen) atoms. The van der Waals surface area contributed by atoms with Crippen molar-refractivity contribution in [3.63, 3.8) is 0 Å². The Hall–Kier alpha value is -2.04. The highest BCUT2D eigenvalue weighted by atomic mass is 16.6. The molecule has 1 saturated heterocycles. The van der Waals surface area contributed by atoms with Crippen LogP contribution in [0.1, 0.15) is 18.4 Å². The third kappa shape index (κ3) is 4.19. The lowest BCUT2D eigenvalue weighted by Crippen LogP contribution is -3.26. The van der Waals surface area contributed by atoms with E-state index in [-0.39, 0.29) is 0 Å². The van der Waals surface area contributed by atoms with Crippen LogP contribution in [0.15, 0.2) is 48.5 Å². The number of hydrogen-bond donors (Lipinski definition) is 2. The molecule has 0 unspecified atom stereocenters. The van der Waals surface area contributed by atoms with Crippen LogP contribution in [0, 0.1) is 0 Å². The van der Waals surface area contributed by atoms with E-state index in [0.717, 1.165) is 11.5 Å². The summed E-state index contributed by atoms with van der Waals surface area (Å²) in [6.07, 6.45) is 3.82. The third-order valence-corrected chi connectivity index (χ3v) is 5.60. The number of ether oxygens (including phenoxy) is 2. The minimum absolute atomic E-state index is 0.659. The average molecular weight is 354 g/mol. The topological polar surface area (TPSA) is 27.3 Å². The van der Waals surface area contributed by atoms with Gasteiger partial charge < -0.3 is 14.4 Å². The Kier molecular flexibility index (Phi) is 5.72. The molecular weight excluding hydrogens is 324 g/mol. The van der Waals surface area contributed by atoms with Gasteiger partial charge in [-0.25, -0.2) is 0 Å². The van der Waals surface area contributed by atoms with Crippen molar-refractivity contribution in [3.8, 4) is 11.5 Å². The van der Waals surface area contributed by atoms with Crippen LogP contribution in [0.5, 0.6) is 11.5 Å². The molecule has 0 radical (unpaired) electrons. The quantitative estimate of drug-likeness (QED) is 0.754. The Bertz CT molecular complexity index is 697. The predicted octanol–water partition coefficient (Wildman–Crippen LogP) is 0.896. The van der Waals surface area contributed by atoms with Crippen molar-refractivity contribution in [2.75, 3.05) is 45.9 Å². The first-order valence-corrected chi connectivity index (χ1v) is 10.0. The zero-order chi connectivity index (χ0) is 17.6. The molecule has 2 aromatic rings. The van der Waals surface area contributed by atoms with Crippen molar-refractivity contribution in [2.24, 2.45) is 0 Å². The molecule has 0 bridgehead atoms. The van der Waals surface area contributed by atoms with Crippen LogP contribution in [0.25, 0.3) is 0 Å². The molecule has 0 aliphatic carbocycles. The minimum atomic E-state index is 0.659. The molecule has 2 N–H and O–H groups in total. The summed E-state index contributed by atoms with van der Waals surface area (Å²) in [5.41, 5.74) is 2.75. The molecule has 4 nitrogen and oxygen atoms in total. The lowest BCUT2D eigenvalue weighted by molar-refractivity contribution is -0.986. The van der Waals surface area contributed by atoms with Crippen molar-refractivity contribution in [3.05, 3.63) is 54.1 Å². The molecule has 2 aromatic carbocycles. The summed E-state index contributed by atoms with van der Waals surface area (Å²) in [4.78, 5) is 3.30. The van der Waals surface area contributed by atoms with Gasteiger partial charge in [-0.15, -0.1) is 0 Å². The van der Waals surface area contributed by atoms with E-state index in [1.807, 2.05) is 6.07 Å². The van der Waals surface area contributed by atoms with Gasteiger partial charge in [0.05, 0.1) is 6.54 Å². The maximum Gasteiger partial charge on any atom is 0.223 e. The van der Waals surface area contributed by atoms with Gasteiger partial charge in [0.15, 0.2) is 11.4 Å². The number of aryl methyl sites for hydroxylation is 1. The third-order valence-electron chi connectivity index (χ3n) is 5.60. The first-order valence-electron chi connectivity index (χ1n) is 10.0. The van der Waals surface area contributed by atoms with Gasteiger partial charge in [-0.05, 0) is 30.9 Å². The summed E-state index contributed by atoms with van der Waals surface area (Å²) >= 11 is 0. The highest BCUT2D eigenvalue weighted by Crippen LogP contribution is 2.35. The van der Waals surface area contributed by atoms with Gasteiger partial charge in [0.2, 0.25) is 5.75 Å². The van der Waals surface area contributed by atoms with Crippen molar-refractivity contribution >= 4 is 5.69 Å². The zero-order valence-corrected chi connectivity index (χ0v) is 15.5. The smallest absolute Gasteiger partial charge is 0.223 e. The van der Waals surface area contributed by atoms with Gasteiger partial charge in [0, 0.05) is 6.07 Å². The van der Waals surface area contributed by atoms with E-state index in [2.05, 4.69) is 42.5 Å². The fourth-order valence-electron chi connectivity index (χ4n) is 4.13. The molecule has 4 heteroatoms. The monoisotopic (exact) mass is 354 g/mol. The Labute approximate surface area is 156 Å². The zero-order valence-electron chi connectivity index (χ0n) is 15.5. The molecule has 2 heterocycles. The lowest BCUT2D eigenvalue weighted by Gasteiger charge is -2.31. The van der Waals surface area contributed by atoms with E-state index in [9.17, 15) is 0 Å². The Balaban J connectivity index is 1.23. The molecule has 0 saturated carbocycles. The van der Waals surface area contributed by atoms with Gasteiger partial charge in [0.1, 0.15) is 39.4 Å². The van der Waals surface area contributed by atoms with Crippen LogP contribution < -0.4 is 19.3 Å². The summed E-state index contributed by atoms with van der Waals surface area (Å²) in [6, 6.07) is 17.2. The molecule has 2 aliphatic heterocycles. The van der Waals surface area contributed by atoms with Gasteiger partial charge in [-0.3, -0.25) is 4.90 Å². The summed E-state index contributed by atoms with van der Waals surface area (Å²) in [5.74, 6) is 1.89. The van der Waals surface area contributed by atoms with Crippen LogP contribution in [0.4, 0.5) is 5.69 Å². The lowest BCUT2D eigenvalue weighted by atomic mass is 10.1. The largest absolute Gasteiger partial charge is 0.486 e. The molecule has 138 valence electrons. The first-order chi connectivity index (χ1) is 12.9. The van der Waals surface area contributed by atoms with Crippen molar-refractivity contribution < 1.29 is 19.3 Å². The SMILES string of the molecule is c1ccc(CCCC[NH+]2CC[NH+](c3cccc4c3OCCO4)CC2)cc1. The summed E-state index contributed by atoms with van der Waals surface area (Å²) in [7, 11) is 0. The van der Waals surface area contributed by atoms with Gasteiger partial charge in [-0.1, -0.05) is 36.4 Å². The number of unbranched alkanes of at least 4 members (excludes halogenated alkanes) is 1. The average Bonchev–Trinajstić information content (AvgIpc) is 2.72. The number of fused-ring (bicyclic) bond motifs is 1. The summed E-state index contributed by atoms with van der Waals surface area (Å²) in [5, 5.41) is 0. The number of para-hydroxylation sites is 1. The van der Waals surface area contributed by atoms with Gasteiger partial charge in [-0.2, -0.15) is 0 Å². The van der Waals surface area contributed by atoms with Gasteiger partial charge >= 0.3 is 0 Å². The van der Waals surface area contributed by atoms with E-state index in [4.69, 9.17) is 9.47 Å². The second-order valence-electron chi connectivity index (χ2n) is 7.38. The standard InChI is InChI=1S/C22H28N2O2/c1-2-7-19(8-3-1)9-4-5-12-23-13-15-24(16-14-23)20-10-6-11-21-22(20)26-18-17-25-21/h1-3,6-8,10-11H,4-5,9,12-18H2/p+2. The van der Waals surface area contributed by atoms with Crippen LogP contribution in [0.2, 0.25) is 0 Å². The molecule has 0 aromatic heterocycles. The van der Waals surface area contributed by atoms with Gasteiger partial charge in [0.25, 0.3) is 0 Å². The van der Waals surface area contributed by atoms with Crippen LogP contribution in [-0.2, 0) is 6.42 Å². The fourth-order valence-corrected chi connectivity index (χ4v) is 4.13. The highest BCUT2D eigenvalue weighted by molar-refractivity contribution is 5.56. The number of piperazine rings is 1. The fraction of sp³-hybridized carbons (Fsp3) is 0.455. The Morgan fingerprint density at radius 1 is 0.769 bits per heavy atom. The Morgan fingerprint density at radius 3 is 2.42 bits per heavy atom. The second kappa shape index (κ2) is 8.56. The molecule has 0 spiro atoms.